The van der Waals surface area contributed by atoms with Crippen LogP contribution in [0.5, 0.6) is 5.75 Å². The Labute approximate surface area is 112 Å². The third-order valence-corrected chi connectivity index (χ3v) is 2.80. The Kier molecular flexibility index (Phi) is 4.23. The molecule has 0 N–H and O–H groups in total. The zero-order chi connectivity index (χ0) is 13.7. The van der Waals surface area contributed by atoms with E-state index in [1.807, 2.05) is 41.1 Å². The Morgan fingerprint density at radius 2 is 2.11 bits per heavy atom. The van der Waals surface area contributed by atoms with E-state index in [-0.39, 0.29) is 5.97 Å². The highest BCUT2D eigenvalue weighted by molar-refractivity contribution is 5.87. The van der Waals surface area contributed by atoms with Crippen LogP contribution in [-0.4, -0.2) is 24.3 Å². The lowest BCUT2D eigenvalue weighted by atomic mass is 10.2. The van der Waals surface area contributed by atoms with Crippen molar-refractivity contribution in [1.82, 2.24) is 4.57 Å². The van der Waals surface area contributed by atoms with Crippen LogP contribution in [0.25, 0.3) is 0 Å². The fraction of sp³-hybridized carbons (Fsp3) is 0.267. The van der Waals surface area contributed by atoms with Gasteiger partial charge >= 0.3 is 5.97 Å². The van der Waals surface area contributed by atoms with E-state index < -0.39 is 0 Å². The van der Waals surface area contributed by atoms with Crippen LogP contribution in [0.4, 0.5) is 0 Å². The summed E-state index contributed by atoms with van der Waals surface area (Å²) in [5.74, 6) is 0.512. The number of benzene rings is 1. The normalized spacial score (nSPS) is 10.2. The molecule has 0 spiro atoms. The molecule has 19 heavy (non-hydrogen) atoms. The molecule has 0 aliphatic heterocycles. The molecule has 0 aliphatic rings. The summed E-state index contributed by atoms with van der Waals surface area (Å²) in [6.45, 7) is 2.79. The molecule has 2 rings (SSSR count). The summed E-state index contributed by atoms with van der Waals surface area (Å²) in [7, 11) is 1.64. The third-order valence-electron chi connectivity index (χ3n) is 2.80. The Morgan fingerprint density at radius 1 is 1.26 bits per heavy atom. The molecule has 0 saturated heterocycles. The first-order valence-corrected chi connectivity index (χ1v) is 6.19. The van der Waals surface area contributed by atoms with Crippen molar-refractivity contribution in [2.24, 2.45) is 0 Å². The lowest BCUT2D eigenvalue weighted by molar-refractivity contribution is 0.0514. The molecule has 100 valence electrons. The van der Waals surface area contributed by atoms with Gasteiger partial charge in [0.15, 0.2) is 0 Å². The van der Waals surface area contributed by atoms with Gasteiger partial charge in [0.05, 0.1) is 13.7 Å². The molecule has 0 saturated carbocycles. The van der Waals surface area contributed by atoms with Crippen molar-refractivity contribution in [3.8, 4) is 5.75 Å². The number of carbonyl (C=O) groups is 1. The molecular formula is C15H17NO3. The number of methoxy groups -OCH3 is 1. The van der Waals surface area contributed by atoms with Crippen molar-refractivity contribution in [2.45, 2.75) is 13.5 Å². The Morgan fingerprint density at radius 3 is 2.84 bits per heavy atom. The van der Waals surface area contributed by atoms with Crippen molar-refractivity contribution in [2.75, 3.05) is 13.7 Å². The maximum atomic E-state index is 11.8. The number of esters is 1. The molecule has 4 heteroatoms. The molecule has 1 heterocycles. The fourth-order valence-electron chi connectivity index (χ4n) is 1.91. The van der Waals surface area contributed by atoms with Crippen LogP contribution < -0.4 is 4.74 Å². The van der Waals surface area contributed by atoms with Gasteiger partial charge in [-0.25, -0.2) is 4.79 Å². The number of rotatable bonds is 5. The summed E-state index contributed by atoms with van der Waals surface area (Å²) in [6, 6.07) is 11.4. The van der Waals surface area contributed by atoms with Crippen LogP contribution in [-0.2, 0) is 11.3 Å². The van der Waals surface area contributed by atoms with Gasteiger partial charge in [0, 0.05) is 12.7 Å². The van der Waals surface area contributed by atoms with Gasteiger partial charge in [0.25, 0.3) is 0 Å². The lowest BCUT2D eigenvalue weighted by Crippen LogP contribution is -2.12. The Hall–Kier alpha value is -2.23. The summed E-state index contributed by atoms with van der Waals surface area (Å²) < 4.78 is 12.1. The molecule has 1 aromatic heterocycles. The molecule has 1 aromatic carbocycles. The van der Waals surface area contributed by atoms with Crippen LogP contribution in [0.2, 0.25) is 0 Å². The molecule has 4 nitrogen and oxygen atoms in total. The fourth-order valence-corrected chi connectivity index (χ4v) is 1.91. The highest BCUT2D eigenvalue weighted by Gasteiger charge is 2.11. The van der Waals surface area contributed by atoms with E-state index in [4.69, 9.17) is 9.47 Å². The van der Waals surface area contributed by atoms with Gasteiger partial charge in [0.2, 0.25) is 0 Å². The van der Waals surface area contributed by atoms with Gasteiger partial charge in [-0.2, -0.15) is 0 Å². The number of carbonyl (C=O) groups excluding carboxylic acids is 1. The summed E-state index contributed by atoms with van der Waals surface area (Å²) in [5, 5.41) is 0. The zero-order valence-corrected chi connectivity index (χ0v) is 11.1. The van der Waals surface area contributed by atoms with E-state index in [2.05, 4.69) is 0 Å². The minimum Gasteiger partial charge on any atom is -0.497 e. The second-order valence-corrected chi connectivity index (χ2v) is 4.09. The van der Waals surface area contributed by atoms with Crippen molar-refractivity contribution < 1.29 is 14.3 Å². The topological polar surface area (TPSA) is 40.5 Å². The molecule has 0 amide bonds. The van der Waals surface area contributed by atoms with E-state index >= 15 is 0 Å². The first-order chi connectivity index (χ1) is 9.24. The van der Waals surface area contributed by atoms with E-state index in [1.54, 1.807) is 20.1 Å². The van der Waals surface area contributed by atoms with Crippen LogP contribution in [0, 0.1) is 0 Å². The second-order valence-electron chi connectivity index (χ2n) is 4.09. The maximum absolute atomic E-state index is 11.8. The van der Waals surface area contributed by atoms with Gasteiger partial charge in [-0.05, 0) is 36.8 Å². The van der Waals surface area contributed by atoms with E-state index in [0.717, 1.165) is 11.3 Å². The second kappa shape index (κ2) is 6.09. The van der Waals surface area contributed by atoms with Crippen molar-refractivity contribution in [3.63, 3.8) is 0 Å². The van der Waals surface area contributed by atoms with Crippen molar-refractivity contribution in [1.29, 1.82) is 0 Å². The van der Waals surface area contributed by atoms with Gasteiger partial charge in [0.1, 0.15) is 11.4 Å². The van der Waals surface area contributed by atoms with Crippen molar-refractivity contribution >= 4 is 5.97 Å². The van der Waals surface area contributed by atoms with Gasteiger partial charge in [-0.15, -0.1) is 0 Å². The smallest absolute Gasteiger partial charge is 0.354 e. The quantitative estimate of drug-likeness (QED) is 0.775. The minimum absolute atomic E-state index is 0.296. The molecule has 0 bridgehead atoms. The summed E-state index contributed by atoms with van der Waals surface area (Å²) >= 11 is 0. The number of ether oxygens (including phenoxy) is 2. The Balaban J connectivity index is 2.19. The van der Waals surface area contributed by atoms with Crippen LogP contribution in [0.15, 0.2) is 42.6 Å². The predicted octanol–water partition coefficient (Wildman–Crippen LogP) is 2.72. The van der Waals surface area contributed by atoms with E-state index in [0.29, 0.717) is 18.8 Å². The van der Waals surface area contributed by atoms with Crippen LogP contribution in [0.1, 0.15) is 23.0 Å². The monoisotopic (exact) mass is 259 g/mol. The lowest BCUT2D eigenvalue weighted by Gasteiger charge is -2.09. The zero-order valence-electron chi connectivity index (χ0n) is 11.1. The predicted molar refractivity (Wildman–Crippen MR) is 72.5 cm³/mol. The molecule has 0 aliphatic carbocycles. The minimum atomic E-state index is -0.296. The molecular weight excluding hydrogens is 242 g/mol. The first kappa shape index (κ1) is 13.2. The maximum Gasteiger partial charge on any atom is 0.354 e. The first-order valence-electron chi connectivity index (χ1n) is 6.19. The summed E-state index contributed by atoms with van der Waals surface area (Å²) in [6.07, 6.45) is 1.87. The number of hydrogen-bond donors (Lipinski definition) is 0. The standard InChI is InChI=1S/C15H17NO3/c1-3-19-15(17)14-8-5-9-16(14)11-12-6-4-7-13(10-12)18-2/h4-10H,3,11H2,1-2H3. The Bertz CT molecular complexity index is 560. The number of aromatic nitrogens is 1. The molecule has 0 fully saturated rings. The van der Waals surface area contributed by atoms with Gasteiger partial charge in [-0.1, -0.05) is 12.1 Å². The summed E-state index contributed by atoms with van der Waals surface area (Å²) in [4.78, 5) is 11.8. The average molecular weight is 259 g/mol. The number of hydrogen-bond acceptors (Lipinski definition) is 3. The SMILES string of the molecule is CCOC(=O)c1cccn1Cc1cccc(OC)c1. The molecule has 0 atom stereocenters. The van der Waals surface area contributed by atoms with E-state index in [9.17, 15) is 4.79 Å². The highest BCUT2D eigenvalue weighted by atomic mass is 16.5. The molecule has 2 aromatic rings. The van der Waals surface area contributed by atoms with Crippen LogP contribution >= 0.6 is 0 Å². The van der Waals surface area contributed by atoms with Crippen molar-refractivity contribution in [3.05, 3.63) is 53.9 Å². The summed E-state index contributed by atoms with van der Waals surface area (Å²) in [5.41, 5.74) is 1.63. The number of nitrogens with zero attached hydrogens (tertiary/aromatic N) is 1. The average Bonchev–Trinajstić information content (AvgIpc) is 2.87. The van der Waals surface area contributed by atoms with Crippen LogP contribution in [0.3, 0.4) is 0 Å². The molecule has 0 radical (unpaired) electrons. The largest absolute Gasteiger partial charge is 0.497 e. The van der Waals surface area contributed by atoms with E-state index in [1.165, 1.54) is 0 Å². The van der Waals surface area contributed by atoms with Gasteiger partial charge < -0.3 is 14.0 Å². The third kappa shape index (κ3) is 3.16. The van der Waals surface area contributed by atoms with Gasteiger partial charge in [-0.3, -0.25) is 0 Å². The molecule has 0 unspecified atom stereocenters. The highest BCUT2D eigenvalue weighted by Crippen LogP contribution is 2.15.